The summed E-state index contributed by atoms with van der Waals surface area (Å²) in [5, 5.41) is 0. The first kappa shape index (κ1) is 21.5. The maximum absolute atomic E-state index is 13.1. The second kappa shape index (κ2) is 11.1. The molecule has 1 saturated heterocycles. The Hall–Kier alpha value is -1.82. The number of furan rings is 1. The molecule has 0 aliphatic carbocycles. The maximum atomic E-state index is 13.1. The summed E-state index contributed by atoms with van der Waals surface area (Å²) in [6, 6.07) is 3.69. The lowest BCUT2D eigenvalue weighted by Gasteiger charge is -2.30. The third-order valence-corrected chi connectivity index (χ3v) is 5.19. The van der Waals surface area contributed by atoms with Gasteiger partial charge >= 0.3 is 0 Å². The summed E-state index contributed by atoms with van der Waals surface area (Å²) in [5.74, 6) is 0.774. The van der Waals surface area contributed by atoms with Crippen molar-refractivity contribution in [2.75, 3.05) is 26.2 Å². The van der Waals surface area contributed by atoms with E-state index in [4.69, 9.17) is 9.15 Å². The molecule has 152 valence electrons. The second-order valence-electron chi connectivity index (χ2n) is 7.26. The molecule has 1 aliphatic rings. The quantitative estimate of drug-likeness (QED) is 0.591. The van der Waals surface area contributed by atoms with Gasteiger partial charge in [-0.2, -0.15) is 0 Å². The lowest BCUT2D eigenvalue weighted by Crippen LogP contribution is -2.46. The van der Waals surface area contributed by atoms with E-state index < -0.39 is 0 Å². The number of carbonyl (C=O) groups is 2. The van der Waals surface area contributed by atoms with Crippen LogP contribution in [-0.2, 0) is 20.9 Å². The lowest BCUT2D eigenvalue weighted by atomic mass is 10.0. The van der Waals surface area contributed by atoms with Crippen molar-refractivity contribution >= 4 is 11.8 Å². The molecule has 0 bridgehead atoms. The minimum Gasteiger partial charge on any atom is -0.467 e. The van der Waals surface area contributed by atoms with Crippen molar-refractivity contribution in [2.45, 2.75) is 65.5 Å². The Bertz CT molecular complexity index is 563. The van der Waals surface area contributed by atoms with E-state index in [0.29, 0.717) is 19.6 Å². The van der Waals surface area contributed by atoms with Gasteiger partial charge in [0.2, 0.25) is 11.8 Å². The summed E-state index contributed by atoms with van der Waals surface area (Å²) in [4.78, 5) is 29.4. The topological polar surface area (TPSA) is 63.0 Å². The van der Waals surface area contributed by atoms with Crippen LogP contribution in [0.4, 0.5) is 0 Å². The van der Waals surface area contributed by atoms with Crippen molar-refractivity contribution in [1.82, 2.24) is 9.80 Å². The fraction of sp³-hybridized carbons (Fsp3) is 0.714. The molecular formula is C21H34N2O4. The Morgan fingerprint density at radius 1 is 1.22 bits per heavy atom. The first-order valence-electron chi connectivity index (χ1n) is 10.3. The van der Waals surface area contributed by atoms with Crippen LogP contribution in [0.5, 0.6) is 0 Å². The molecule has 2 heterocycles. The van der Waals surface area contributed by atoms with E-state index in [-0.39, 0.29) is 30.4 Å². The lowest BCUT2D eigenvalue weighted by molar-refractivity contribution is -0.144. The Morgan fingerprint density at radius 2 is 2.00 bits per heavy atom. The average Bonchev–Trinajstić information content (AvgIpc) is 3.35. The predicted octanol–water partition coefficient (Wildman–Crippen LogP) is 3.46. The van der Waals surface area contributed by atoms with Crippen LogP contribution in [0, 0.1) is 5.92 Å². The highest BCUT2D eigenvalue weighted by Gasteiger charge is 2.28. The molecule has 1 atom stereocenters. The molecule has 1 aliphatic heterocycles. The zero-order chi connectivity index (χ0) is 19.6. The van der Waals surface area contributed by atoms with E-state index in [1.54, 1.807) is 16.1 Å². The molecule has 0 N–H and O–H groups in total. The van der Waals surface area contributed by atoms with Crippen LogP contribution in [0.25, 0.3) is 0 Å². The number of ether oxygens (including phenoxy) is 1. The summed E-state index contributed by atoms with van der Waals surface area (Å²) in [6.45, 7) is 8.51. The molecule has 6 heteroatoms. The Kier molecular flexibility index (Phi) is 8.85. The molecule has 6 nitrogen and oxygen atoms in total. The van der Waals surface area contributed by atoms with Crippen LogP contribution in [0.2, 0.25) is 0 Å². The summed E-state index contributed by atoms with van der Waals surface area (Å²) >= 11 is 0. The van der Waals surface area contributed by atoms with Crippen molar-refractivity contribution < 1.29 is 18.7 Å². The third-order valence-electron chi connectivity index (χ3n) is 5.19. The van der Waals surface area contributed by atoms with Crippen molar-refractivity contribution in [3.63, 3.8) is 0 Å². The average molecular weight is 379 g/mol. The van der Waals surface area contributed by atoms with Gasteiger partial charge in [0, 0.05) is 25.6 Å². The highest BCUT2D eigenvalue weighted by molar-refractivity contribution is 5.86. The van der Waals surface area contributed by atoms with Gasteiger partial charge in [-0.25, -0.2) is 0 Å². The van der Waals surface area contributed by atoms with Gasteiger partial charge < -0.3 is 19.0 Å². The van der Waals surface area contributed by atoms with Crippen molar-refractivity contribution in [1.29, 1.82) is 0 Å². The van der Waals surface area contributed by atoms with E-state index in [9.17, 15) is 9.59 Å². The first-order valence-corrected chi connectivity index (χ1v) is 10.3. The standard InChI is InChI=1S/C21H34N2O4/c1-4-11-22(21(25)17(5-2)6-3)16-20(24)23(14-18-9-7-12-26-18)15-19-10-8-13-27-19/h7,9,12,17,19H,4-6,8,10-11,13-16H2,1-3H3/t19-/m0/s1. The van der Waals surface area contributed by atoms with Crippen LogP contribution in [-0.4, -0.2) is 54.0 Å². The second-order valence-corrected chi connectivity index (χ2v) is 7.26. The van der Waals surface area contributed by atoms with Gasteiger partial charge in [0.25, 0.3) is 0 Å². The third kappa shape index (κ3) is 6.38. The Morgan fingerprint density at radius 3 is 2.56 bits per heavy atom. The van der Waals surface area contributed by atoms with Gasteiger partial charge in [-0.15, -0.1) is 0 Å². The van der Waals surface area contributed by atoms with E-state index >= 15 is 0 Å². The largest absolute Gasteiger partial charge is 0.467 e. The number of rotatable bonds is 11. The normalized spacial score (nSPS) is 16.7. The van der Waals surface area contributed by atoms with Gasteiger partial charge in [0.05, 0.1) is 25.5 Å². The smallest absolute Gasteiger partial charge is 0.242 e. The van der Waals surface area contributed by atoms with Crippen molar-refractivity contribution in [3.8, 4) is 0 Å². The number of hydrogen-bond acceptors (Lipinski definition) is 4. The molecule has 0 spiro atoms. The Balaban J connectivity index is 2.07. The number of carbonyl (C=O) groups excluding carboxylic acids is 2. The minimum absolute atomic E-state index is 0.0129. The van der Waals surface area contributed by atoms with Crippen molar-refractivity contribution in [3.05, 3.63) is 24.2 Å². The molecule has 0 radical (unpaired) electrons. The number of amides is 2. The predicted molar refractivity (Wildman–Crippen MR) is 104 cm³/mol. The highest BCUT2D eigenvalue weighted by Crippen LogP contribution is 2.17. The molecule has 0 saturated carbocycles. The van der Waals surface area contributed by atoms with E-state index in [2.05, 4.69) is 0 Å². The summed E-state index contributed by atoms with van der Waals surface area (Å²) in [7, 11) is 0. The van der Waals surface area contributed by atoms with Crippen LogP contribution < -0.4 is 0 Å². The fourth-order valence-corrected chi connectivity index (χ4v) is 3.58. The molecular weight excluding hydrogens is 344 g/mol. The molecule has 2 rings (SSSR count). The molecule has 1 aromatic rings. The summed E-state index contributed by atoms with van der Waals surface area (Å²) < 4.78 is 11.2. The van der Waals surface area contributed by atoms with Crippen LogP contribution >= 0.6 is 0 Å². The van der Waals surface area contributed by atoms with Crippen molar-refractivity contribution in [2.24, 2.45) is 5.92 Å². The summed E-state index contributed by atoms with van der Waals surface area (Å²) in [5.41, 5.74) is 0. The molecule has 1 aromatic heterocycles. The van der Waals surface area contributed by atoms with Gasteiger partial charge in [0.15, 0.2) is 0 Å². The van der Waals surface area contributed by atoms with E-state index in [1.807, 2.05) is 32.9 Å². The van der Waals surface area contributed by atoms with Gasteiger partial charge in [-0.05, 0) is 44.2 Å². The zero-order valence-corrected chi connectivity index (χ0v) is 17.0. The zero-order valence-electron chi connectivity index (χ0n) is 17.0. The van der Waals surface area contributed by atoms with E-state index in [1.165, 1.54) is 0 Å². The Labute approximate surface area is 162 Å². The highest BCUT2D eigenvalue weighted by atomic mass is 16.5. The first-order chi connectivity index (χ1) is 13.1. The monoisotopic (exact) mass is 378 g/mol. The molecule has 0 aromatic carbocycles. The van der Waals surface area contributed by atoms with Crippen LogP contribution in [0.3, 0.4) is 0 Å². The number of hydrogen-bond donors (Lipinski definition) is 0. The van der Waals surface area contributed by atoms with Gasteiger partial charge in [-0.3, -0.25) is 9.59 Å². The van der Waals surface area contributed by atoms with Crippen LogP contribution in [0.15, 0.2) is 22.8 Å². The van der Waals surface area contributed by atoms with Gasteiger partial charge in [0.1, 0.15) is 5.76 Å². The minimum atomic E-state index is -0.0466. The number of nitrogens with zero attached hydrogens (tertiary/aromatic N) is 2. The SMILES string of the molecule is CCCN(CC(=O)N(Cc1ccco1)C[C@@H]1CCCO1)C(=O)C(CC)CC. The fourth-order valence-electron chi connectivity index (χ4n) is 3.58. The molecule has 1 fully saturated rings. The summed E-state index contributed by atoms with van der Waals surface area (Å²) in [6.07, 6.45) is 6.12. The van der Waals surface area contributed by atoms with Gasteiger partial charge in [-0.1, -0.05) is 20.8 Å². The molecule has 27 heavy (non-hydrogen) atoms. The van der Waals surface area contributed by atoms with E-state index in [0.717, 1.165) is 44.5 Å². The molecule has 0 unspecified atom stereocenters. The molecule has 2 amide bonds. The maximum Gasteiger partial charge on any atom is 0.242 e. The van der Waals surface area contributed by atoms with Crippen LogP contribution in [0.1, 0.15) is 58.6 Å².